The summed E-state index contributed by atoms with van der Waals surface area (Å²) in [5.41, 5.74) is -0.547. The van der Waals surface area contributed by atoms with Crippen LogP contribution in [0, 0.1) is 12.8 Å². The molecule has 1 aliphatic carbocycles. The van der Waals surface area contributed by atoms with Gasteiger partial charge in [0.05, 0.1) is 5.41 Å². The van der Waals surface area contributed by atoms with E-state index >= 15 is 0 Å². The first-order valence-corrected chi connectivity index (χ1v) is 4.12. The first-order chi connectivity index (χ1) is 6.56. The molecule has 1 saturated heterocycles. The van der Waals surface area contributed by atoms with Crippen LogP contribution in [0.1, 0.15) is 20.9 Å². The Morgan fingerprint density at radius 2 is 2.75 bits per heavy atom. The van der Waals surface area contributed by atoms with Gasteiger partial charge in [-0.3, -0.25) is 0 Å². The number of piperidine rings is 1. The number of aromatic nitrogens is 2. The Hall–Kier alpha value is -0.900. The summed E-state index contributed by atoms with van der Waals surface area (Å²) in [6.45, 7) is 1.05. The summed E-state index contributed by atoms with van der Waals surface area (Å²) in [6.07, 6.45) is 0.814. The van der Waals surface area contributed by atoms with Gasteiger partial charge in [0.15, 0.2) is 5.82 Å². The van der Waals surface area contributed by atoms with Crippen molar-refractivity contribution in [3.8, 4) is 0 Å². The molecule has 2 heterocycles. The molecule has 0 amide bonds. The fourth-order valence-electron chi connectivity index (χ4n) is 1.85. The third-order valence-electron chi connectivity index (χ3n) is 2.67. The van der Waals surface area contributed by atoms with Gasteiger partial charge >= 0.3 is 0 Å². The van der Waals surface area contributed by atoms with Gasteiger partial charge in [0.25, 0.3) is 0 Å². The molecule has 3 rings (SSSR count). The zero-order valence-corrected chi connectivity index (χ0v) is 6.79. The van der Waals surface area contributed by atoms with Gasteiger partial charge in [-0.2, -0.15) is 4.98 Å². The van der Waals surface area contributed by atoms with Crippen LogP contribution in [0.2, 0.25) is 0 Å². The summed E-state index contributed by atoms with van der Waals surface area (Å²) < 4.78 is 20.8. The Kier molecular flexibility index (Phi) is 0.777. The molecule has 4 nitrogen and oxygen atoms in total. The molecule has 1 aromatic heterocycles. The Morgan fingerprint density at radius 1 is 1.83 bits per heavy atom. The van der Waals surface area contributed by atoms with Gasteiger partial charge in [-0.25, -0.2) is 0 Å². The number of fused-ring (bicyclic) bond motifs is 1. The molecule has 0 radical (unpaired) electrons. The predicted molar refractivity (Wildman–Crippen MR) is 41.7 cm³/mol. The van der Waals surface area contributed by atoms with Crippen LogP contribution in [-0.2, 0) is 5.41 Å². The number of nitrogens with zero attached hydrogens (tertiary/aromatic N) is 2. The van der Waals surface area contributed by atoms with Gasteiger partial charge in [0, 0.05) is 9.24 Å². The summed E-state index contributed by atoms with van der Waals surface area (Å²) in [6, 6.07) is 0. The smallest absolute Gasteiger partial charge is 0.234 e. The quantitative estimate of drug-likeness (QED) is 0.651. The lowest BCUT2D eigenvalue weighted by molar-refractivity contribution is 0.343. The van der Waals surface area contributed by atoms with Crippen LogP contribution in [-0.4, -0.2) is 23.2 Å². The molecule has 1 saturated carbocycles. The predicted octanol–water partition coefficient (Wildman–Crippen LogP) is 0.239. The van der Waals surface area contributed by atoms with Crippen molar-refractivity contribution in [1.82, 2.24) is 15.5 Å². The van der Waals surface area contributed by atoms with E-state index in [-0.39, 0.29) is 0 Å². The minimum Gasteiger partial charge on any atom is -0.339 e. The van der Waals surface area contributed by atoms with Crippen LogP contribution in [0.4, 0.5) is 0 Å². The second-order valence-corrected chi connectivity index (χ2v) is 3.53. The molecule has 1 aromatic rings. The molecular formula is C8H11N3O. The third kappa shape index (κ3) is 0.659. The second-order valence-electron chi connectivity index (χ2n) is 3.53. The summed E-state index contributed by atoms with van der Waals surface area (Å²) in [5.74, 6) is 1.34. The highest BCUT2D eigenvalue weighted by atomic mass is 16.5. The van der Waals surface area contributed by atoms with Gasteiger partial charge in [-0.15, -0.1) is 0 Å². The van der Waals surface area contributed by atoms with Crippen LogP contribution in [0.5, 0.6) is 0 Å². The number of aryl methyl sites for hydroxylation is 1. The number of rotatable bonds is 1. The lowest BCUT2D eigenvalue weighted by Gasteiger charge is -2.02. The first kappa shape index (κ1) is 4.97. The fraction of sp³-hybridized carbons (Fsp3) is 0.750. The van der Waals surface area contributed by atoms with E-state index in [2.05, 4.69) is 15.5 Å². The summed E-state index contributed by atoms with van der Waals surface area (Å²) in [5, 5.41) is 6.57. The lowest BCUT2D eigenvalue weighted by Crippen LogP contribution is -2.19. The van der Waals surface area contributed by atoms with E-state index in [9.17, 15) is 0 Å². The molecule has 12 heavy (non-hydrogen) atoms. The van der Waals surface area contributed by atoms with E-state index in [0.717, 1.165) is 6.42 Å². The lowest BCUT2D eigenvalue weighted by atomic mass is 10.1. The van der Waals surface area contributed by atoms with Crippen LogP contribution in [0.15, 0.2) is 4.52 Å². The molecule has 2 aliphatic rings. The zero-order chi connectivity index (χ0) is 9.97. The maximum Gasteiger partial charge on any atom is 0.234 e. The molecule has 64 valence electrons. The van der Waals surface area contributed by atoms with Crippen LogP contribution >= 0.6 is 0 Å². The van der Waals surface area contributed by atoms with Gasteiger partial charge in [-0.1, -0.05) is 5.16 Å². The van der Waals surface area contributed by atoms with Gasteiger partial charge < -0.3 is 9.84 Å². The van der Waals surface area contributed by atoms with Crippen molar-refractivity contribution in [2.75, 3.05) is 13.0 Å². The van der Waals surface area contributed by atoms with Gasteiger partial charge in [0.2, 0.25) is 5.89 Å². The standard InChI is InChI=1S/C8H11N3O/c1-5-10-7(12-11-5)8-2-6(8)3-9-4-8/h6,9H,2-4H2,1H3/t6-,8-/m1/s1/i4D2. The highest BCUT2D eigenvalue weighted by Gasteiger charge is 2.62. The number of hydrogen-bond donors (Lipinski definition) is 1. The average molecular weight is 167 g/mol. The molecule has 4 heteroatoms. The Balaban J connectivity index is 2.06. The van der Waals surface area contributed by atoms with E-state index in [4.69, 9.17) is 7.26 Å². The van der Waals surface area contributed by atoms with Crippen molar-refractivity contribution in [3.63, 3.8) is 0 Å². The Bertz CT molecular complexity index is 392. The van der Waals surface area contributed by atoms with Crippen molar-refractivity contribution < 1.29 is 7.26 Å². The molecular weight excluding hydrogens is 154 g/mol. The van der Waals surface area contributed by atoms with E-state index in [1.807, 2.05) is 0 Å². The normalized spacial score (nSPS) is 44.9. The Morgan fingerprint density at radius 3 is 3.25 bits per heavy atom. The van der Waals surface area contributed by atoms with Crippen LogP contribution in [0.25, 0.3) is 0 Å². The van der Waals surface area contributed by atoms with Crippen molar-refractivity contribution in [2.24, 2.45) is 5.92 Å². The molecule has 2 fully saturated rings. The maximum absolute atomic E-state index is 7.86. The first-order valence-electron chi connectivity index (χ1n) is 5.12. The van der Waals surface area contributed by atoms with Crippen LogP contribution < -0.4 is 5.32 Å². The molecule has 0 aromatic carbocycles. The van der Waals surface area contributed by atoms with Crippen molar-refractivity contribution >= 4 is 0 Å². The third-order valence-corrected chi connectivity index (χ3v) is 2.67. The minimum atomic E-state index is -1.41. The topological polar surface area (TPSA) is 51.0 Å². The van der Waals surface area contributed by atoms with E-state index in [0.29, 0.717) is 24.2 Å². The van der Waals surface area contributed by atoms with E-state index in [1.54, 1.807) is 6.92 Å². The molecule has 2 atom stereocenters. The average Bonchev–Trinajstić information content (AvgIpc) is 2.63. The molecule has 0 spiro atoms. The van der Waals surface area contributed by atoms with Crippen LogP contribution in [0.3, 0.4) is 0 Å². The van der Waals surface area contributed by atoms with Gasteiger partial charge in [0.1, 0.15) is 0 Å². The summed E-state index contributed by atoms with van der Waals surface area (Å²) >= 11 is 0. The minimum absolute atomic E-state index is 0.317. The Labute approximate surface area is 73.2 Å². The largest absolute Gasteiger partial charge is 0.339 e. The molecule has 0 bridgehead atoms. The summed E-state index contributed by atoms with van der Waals surface area (Å²) in [7, 11) is 0. The van der Waals surface area contributed by atoms with Crippen molar-refractivity contribution in [1.29, 1.82) is 0 Å². The highest BCUT2D eigenvalue weighted by molar-refractivity contribution is 5.25. The fourth-order valence-corrected chi connectivity index (χ4v) is 1.85. The summed E-state index contributed by atoms with van der Waals surface area (Å²) in [4.78, 5) is 4.14. The maximum atomic E-state index is 7.86. The molecule has 1 N–H and O–H groups in total. The van der Waals surface area contributed by atoms with E-state index in [1.165, 1.54) is 0 Å². The zero-order valence-electron chi connectivity index (χ0n) is 8.79. The van der Waals surface area contributed by atoms with Crippen molar-refractivity contribution in [3.05, 3.63) is 11.7 Å². The van der Waals surface area contributed by atoms with Gasteiger partial charge in [-0.05, 0) is 25.8 Å². The second kappa shape index (κ2) is 1.88. The highest BCUT2D eigenvalue weighted by Crippen LogP contribution is 2.55. The van der Waals surface area contributed by atoms with Crippen molar-refractivity contribution in [2.45, 2.75) is 18.8 Å². The number of nitrogens with one attached hydrogen (secondary N) is 1. The SMILES string of the molecule is [2H]C1([2H])NC[C@H]2C[C@]21c1nc(C)no1. The monoisotopic (exact) mass is 167 g/mol. The molecule has 0 unspecified atom stereocenters. The molecule has 1 aliphatic heterocycles. The van der Waals surface area contributed by atoms with E-state index < -0.39 is 11.9 Å². The number of hydrogen-bond acceptors (Lipinski definition) is 4.